The zero-order chi connectivity index (χ0) is 19.3. The second-order valence-electron chi connectivity index (χ2n) is 1.68. The van der Waals surface area contributed by atoms with Crippen LogP contribution in [-0.4, -0.2) is 0 Å². The monoisotopic (exact) mass is 314 g/mol. The molecule has 0 bridgehead atoms. The van der Waals surface area contributed by atoms with Gasteiger partial charge in [-0.1, -0.05) is 115 Å². The van der Waals surface area contributed by atoms with Crippen molar-refractivity contribution < 1.29 is 0 Å². The van der Waals surface area contributed by atoms with Gasteiger partial charge in [0, 0.05) is 0 Å². The fourth-order valence-electron chi connectivity index (χ4n) is 0.552. The SMILES string of the molecule is C.C=C.C=CC(=C)/C(C=C)=C\C.CC.CC.CC.CC.CC. The molecule has 138 valence electrons. The van der Waals surface area contributed by atoms with E-state index in [0.717, 1.165) is 11.1 Å². The van der Waals surface area contributed by atoms with Gasteiger partial charge < -0.3 is 0 Å². The van der Waals surface area contributed by atoms with Crippen LogP contribution in [0, 0.1) is 0 Å². The summed E-state index contributed by atoms with van der Waals surface area (Å²) >= 11 is 0. The van der Waals surface area contributed by atoms with E-state index in [1.807, 2.05) is 82.2 Å². The summed E-state index contributed by atoms with van der Waals surface area (Å²) < 4.78 is 0. The van der Waals surface area contributed by atoms with Crippen LogP contribution in [0.1, 0.15) is 83.6 Å². The van der Waals surface area contributed by atoms with E-state index in [-0.39, 0.29) is 7.43 Å². The van der Waals surface area contributed by atoms with Crippen LogP contribution >= 0.6 is 0 Å². The molecule has 0 heterocycles. The predicted octanol–water partition coefficient (Wildman–Crippen LogP) is 9.43. The van der Waals surface area contributed by atoms with Crippen molar-refractivity contribution in [1.82, 2.24) is 0 Å². The third-order valence-electron chi connectivity index (χ3n) is 1.15. The minimum atomic E-state index is 0. The zero-order valence-corrected chi connectivity index (χ0v) is 17.3. The Morgan fingerprint density at radius 2 is 0.864 bits per heavy atom. The van der Waals surface area contributed by atoms with Gasteiger partial charge in [-0.3, -0.25) is 0 Å². The van der Waals surface area contributed by atoms with E-state index in [2.05, 4.69) is 32.9 Å². The average Bonchev–Trinajstić information content (AvgIpc) is 2.66. The van der Waals surface area contributed by atoms with Crippen LogP contribution in [0.2, 0.25) is 0 Å². The van der Waals surface area contributed by atoms with Crippen LogP contribution in [0.3, 0.4) is 0 Å². The van der Waals surface area contributed by atoms with Crippen molar-refractivity contribution in [1.29, 1.82) is 0 Å². The number of hydrogen-bond acceptors (Lipinski definition) is 0. The van der Waals surface area contributed by atoms with Crippen molar-refractivity contribution in [3.8, 4) is 0 Å². The highest BCUT2D eigenvalue weighted by molar-refractivity contribution is 5.42. The molecule has 0 aromatic rings. The first-order valence-electron chi connectivity index (χ1n) is 8.36. The minimum Gasteiger partial charge on any atom is -0.106 e. The second kappa shape index (κ2) is 116. The molecule has 0 N–H and O–H groups in total. The van der Waals surface area contributed by atoms with Crippen LogP contribution in [0.15, 0.2) is 62.3 Å². The Labute approximate surface area is 146 Å². The van der Waals surface area contributed by atoms with Crippen molar-refractivity contribution in [2.75, 3.05) is 0 Å². The maximum atomic E-state index is 3.76. The van der Waals surface area contributed by atoms with E-state index < -0.39 is 0 Å². The molecule has 0 saturated carbocycles. The highest BCUT2D eigenvalue weighted by atomic mass is 13.9. The summed E-state index contributed by atoms with van der Waals surface area (Å²) in [5, 5.41) is 0. The Morgan fingerprint density at radius 1 is 0.636 bits per heavy atom. The summed E-state index contributed by atoms with van der Waals surface area (Å²) in [6.45, 7) is 38.9. The first kappa shape index (κ1) is 49.8. The minimum absolute atomic E-state index is 0. The standard InChI is InChI=1S/C9H12.5C2H6.C2H4.CH4/c1-5-8(4)9(6-2)7-3;6*1-2;/h5-7H,1-2,4H2,3H3;5*1-2H3;1-2H2;1H4/b9-7-;;;;;;;. The van der Waals surface area contributed by atoms with E-state index in [4.69, 9.17) is 0 Å². The lowest BCUT2D eigenvalue weighted by Crippen LogP contribution is -1.76. The molecule has 0 radical (unpaired) electrons. The summed E-state index contributed by atoms with van der Waals surface area (Å²) in [5.74, 6) is 0. The topological polar surface area (TPSA) is 0 Å². The number of hydrogen-bond donors (Lipinski definition) is 0. The fourth-order valence-corrected chi connectivity index (χ4v) is 0.552. The highest BCUT2D eigenvalue weighted by Gasteiger charge is 1.88. The Morgan fingerprint density at radius 3 is 0.909 bits per heavy atom. The van der Waals surface area contributed by atoms with E-state index in [9.17, 15) is 0 Å². The van der Waals surface area contributed by atoms with Gasteiger partial charge in [0.25, 0.3) is 0 Å². The third-order valence-corrected chi connectivity index (χ3v) is 1.15. The van der Waals surface area contributed by atoms with Crippen LogP contribution in [0.5, 0.6) is 0 Å². The van der Waals surface area contributed by atoms with E-state index in [0.29, 0.717) is 0 Å². The molecular weight excluding hydrogens is 264 g/mol. The molecule has 0 aliphatic rings. The van der Waals surface area contributed by atoms with E-state index in [1.54, 1.807) is 12.2 Å². The lowest BCUT2D eigenvalue weighted by Gasteiger charge is -1.96. The Balaban J connectivity index is -0.0000000214. The number of allylic oxidation sites excluding steroid dienone is 5. The fraction of sp³-hybridized carbons (Fsp3) is 0.545. The summed E-state index contributed by atoms with van der Waals surface area (Å²) in [6, 6.07) is 0. The molecule has 0 unspecified atom stereocenters. The molecule has 0 amide bonds. The van der Waals surface area contributed by atoms with Crippen molar-refractivity contribution >= 4 is 0 Å². The molecule has 0 aromatic carbocycles. The van der Waals surface area contributed by atoms with Crippen molar-refractivity contribution in [2.24, 2.45) is 0 Å². The zero-order valence-electron chi connectivity index (χ0n) is 17.3. The molecule has 0 saturated heterocycles. The molecule has 0 nitrogen and oxygen atoms in total. The van der Waals surface area contributed by atoms with Gasteiger partial charge in [0.2, 0.25) is 0 Å². The van der Waals surface area contributed by atoms with Gasteiger partial charge >= 0.3 is 0 Å². The van der Waals surface area contributed by atoms with Gasteiger partial charge in [-0.15, -0.1) is 13.2 Å². The maximum Gasteiger partial charge on any atom is -0.0239 e. The summed E-state index contributed by atoms with van der Waals surface area (Å²) in [7, 11) is 0. The summed E-state index contributed by atoms with van der Waals surface area (Å²) in [6.07, 6.45) is 5.44. The van der Waals surface area contributed by atoms with Crippen LogP contribution in [0.4, 0.5) is 0 Å². The molecule has 0 atom stereocenters. The van der Waals surface area contributed by atoms with Gasteiger partial charge in [0.1, 0.15) is 0 Å². The lowest BCUT2D eigenvalue weighted by atomic mass is 10.1. The van der Waals surface area contributed by atoms with Crippen molar-refractivity contribution in [3.05, 3.63) is 62.3 Å². The van der Waals surface area contributed by atoms with Crippen molar-refractivity contribution in [2.45, 2.75) is 83.6 Å². The lowest BCUT2D eigenvalue weighted by molar-refractivity contribution is 1.50. The Kier molecular flexibility index (Phi) is 263. The smallest absolute Gasteiger partial charge is 0.0239 e. The molecule has 0 spiro atoms. The van der Waals surface area contributed by atoms with Crippen molar-refractivity contribution in [3.63, 3.8) is 0 Å². The molecule has 22 heavy (non-hydrogen) atoms. The van der Waals surface area contributed by atoms with Crippen LogP contribution in [0.25, 0.3) is 0 Å². The van der Waals surface area contributed by atoms with Crippen LogP contribution < -0.4 is 0 Å². The molecule has 0 aliphatic heterocycles. The molecular formula is C22H50. The Bertz CT molecular complexity index is 170. The summed E-state index contributed by atoms with van der Waals surface area (Å²) in [4.78, 5) is 0. The normalized spacial score (nSPS) is 5.86. The van der Waals surface area contributed by atoms with E-state index >= 15 is 0 Å². The van der Waals surface area contributed by atoms with Gasteiger partial charge in [0.05, 0.1) is 0 Å². The van der Waals surface area contributed by atoms with Gasteiger partial charge in [0.15, 0.2) is 0 Å². The van der Waals surface area contributed by atoms with Crippen LogP contribution in [-0.2, 0) is 0 Å². The third kappa shape index (κ3) is 77.4. The molecule has 0 rings (SSSR count). The molecule has 0 heteroatoms. The first-order chi connectivity index (χ1) is 10.3. The molecule has 0 fully saturated rings. The Hall–Kier alpha value is -1.30. The van der Waals surface area contributed by atoms with Gasteiger partial charge in [-0.05, 0) is 18.1 Å². The number of rotatable bonds is 3. The second-order valence-corrected chi connectivity index (χ2v) is 1.68. The van der Waals surface area contributed by atoms with Gasteiger partial charge in [-0.2, -0.15) is 0 Å². The van der Waals surface area contributed by atoms with Gasteiger partial charge in [-0.25, -0.2) is 0 Å². The maximum absolute atomic E-state index is 3.76. The van der Waals surface area contributed by atoms with E-state index in [1.165, 1.54) is 0 Å². The summed E-state index contributed by atoms with van der Waals surface area (Å²) in [5.41, 5.74) is 1.97. The predicted molar refractivity (Wildman–Crippen MR) is 118 cm³/mol. The average molecular weight is 315 g/mol. The molecule has 0 aliphatic carbocycles. The largest absolute Gasteiger partial charge is 0.106 e. The molecule has 0 aromatic heterocycles. The quantitative estimate of drug-likeness (QED) is 0.359. The highest BCUT2D eigenvalue weighted by Crippen LogP contribution is 2.07. The first-order valence-corrected chi connectivity index (χ1v) is 8.36.